The summed E-state index contributed by atoms with van der Waals surface area (Å²) in [6, 6.07) is -0.0379. The van der Waals surface area contributed by atoms with Gasteiger partial charge in [0.05, 0.1) is 12.6 Å². The number of ether oxygens (including phenoxy) is 1. The minimum atomic E-state index is -0.259. The van der Waals surface area contributed by atoms with Crippen molar-refractivity contribution in [3.63, 3.8) is 0 Å². The highest BCUT2D eigenvalue weighted by Gasteiger charge is 2.30. The van der Waals surface area contributed by atoms with Gasteiger partial charge in [-0.3, -0.25) is 0 Å². The lowest BCUT2D eigenvalue weighted by molar-refractivity contribution is 0.0420. The summed E-state index contributed by atoms with van der Waals surface area (Å²) in [5, 5.41) is 12.3. The van der Waals surface area contributed by atoms with Gasteiger partial charge >= 0.3 is 6.09 Å². The number of hydrogen-bond donors (Lipinski definition) is 2. The van der Waals surface area contributed by atoms with Crippen LogP contribution in [0.5, 0.6) is 0 Å². The van der Waals surface area contributed by atoms with E-state index in [1.165, 1.54) is 0 Å². The van der Waals surface area contributed by atoms with Gasteiger partial charge < -0.3 is 20.1 Å². The molecule has 0 saturated carbocycles. The normalized spacial score (nSPS) is 30.4. The summed E-state index contributed by atoms with van der Waals surface area (Å²) in [5.41, 5.74) is 0. The number of nitrogens with zero attached hydrogens (tertiary/aromatic N) is 1. The molecule has 0 aromatic carbocycles. The molecule has 2 atom stereocenters. The van der Waals surface area contributed by atoms with Crippen molar-refractivity contribution in [2.45, 2.75) is 37.8 Å². The largest absolute Gasteiger partial charge is 0.445 e. The molecule has 0 aromatic rings. The van der Waals surface area contributed by atoms with Crippen molar-refractivity contribution in [2.24, 2.45) is 0 Å². The lowest BCUT2D eigenvalue weighted by Crippen LogP contribution is -2.43. The molecule has 2 fully saturated rings. The number of amides is 1. The fourth-order valence-electron chi connectivity index (χ4n) is 2.40. The monoisotopic (exact) mass is 228 g/mol. The Morgan fingerprint density at radius 1 is 1.44 bits per heavy atom. The number of nitrogens with one attached hydrogen (secondary N) is 1. The van der Waals surface area contributed by atoms with E-state index in [1.807, 2.05) is 0 Å². The molecule has 92 valence electrons. The lowest BCUT2D eigenvalue weighted by atomic mass is 10.1. The van der Waals surface area contributed by atoms with Gasteiger partial charge in [-0.15, -0.1) is 0 Å². The van der Waals surface area contributed by atoms with Crippen LogP contribution in [0.4, 0.5) is 4.79 Å². The summed E-state index contributed by atoms with van der Waals surface area (Å²) < 4.78 is 5.42. The molecular weight excluding hydrogens is 208 g/mol. The molecule has 5 nitrogen and oxygen atoms in total. The molecule has 2 rings (SSSR count). The molecule has 1 amide bonds. The van der Waals surface area contributed by atoms with Crippen LogP contribution in [-0.2, 0) is 4.74 Å². The van der Waals surface area contributed by atoms with Gasteiger partial charge in [0.2, 0.25) is 0 Å². The molecule has 2 heterocycles. The van der Waals surface area contributed by atoms with Gasteiger partial charge in [-0.05, 0) is 32.2 Å². The number of rotatable bonds is 2. The Bertz CT molecular complexity index is 241. The Kier molecular flexibility index (Phi) is 4.01. The summed E-state index contributed by atoms with van der Waals surface area (Å²) >= 11 is 0. The topological polar surface area (TPSA) is 61.8 Å². The molecule has 2 aliphatic heterocycles. The number of carbonyl (C=O) groups excluding carboxylic acids is 1. The van der Waals surface area contributed by atoms with E-state index in [0.29, 0.717) is 6.54 Å². The van der Waals surface area contributed by atoms with Crippen molar-refractivity contribution in [3.05, 3.63) is 0 Å². The second-order valence-corrected chi connectivity index (χ2v) is 4.52. The second kappa shape index (κ2) is 5.50. The zero-order valence-corrected chi connectivity index (χ0v) is 9.52. The smallest absolute Gasteiger partial charge is 0.410 e. The molecule has 0 aliphatic carbocycles. The van der Waals surface area contributed by atoms with Crippen LogP contribution in [0.2, 0.25) is 0 Å². The first-order valence-corrected chi connectivity index (χ1v) is 6.10. The minimum absolute atomic E-state index is 0.00110. The fourth-order valence-corrected chi connectivity index (χ4v) is 2.40. The standard InChI is InChI=1S/C11H20N2O3/c14-8-9-3-2-6-13(9)11(15)16-10-4-1-5-12-7-10/h9-10,12,14H,1-8H2/t9-,10?/m0/s1. The molecule has 5 heteroatoms. The van der Waals surface area contributed by atoms with Crippen molar-refractivity contribution < 1.29 is 14.6 Å². The average Bonchev–Trinajstić information content (AvgIpc) is 2.78. The highest BCUT2D eigenvalue weighted by Crippen LogP contribution is 2.19. The van der Waals surface area contributed by atoms with Crippen molar-refractivity contribution in [1.29, 1.82) is 0 Å². The molecule has 16 heavy (non-hydrogen) atoms. The Morgan fingerprint density at radius 2 is 2.31 bits per heavy atom. The van der Waals surface area contributed by atoms with Crippen LogP contribution in [0.15, 0.2) is 0 Å². The van der Waals surface area contributed by atoms with Crippen molar-refractivity contribution in [1.82, 2.24) is 10.2 Å². The highest BCUT2D eigenvalue weighted by atomic mass is 16.6. The van der Waals surface area contributed by atoms with E-state index in [4.69, 9.17) is 9.84 Å². The number of hydrogen-bond acceptors (Lipinski definition) is 4. The Hall–Kier alpha value is -0.810. The van der Waals surface area contributed by atoms with Crippen LogP contribution in [0.25, 0.3) is 0 Å². The second-order valence-electron chi connectivity index (χ2n) is 4.52. The highest BCUT2D eigenvalue weighted by molar-refractivity contribution is 5.68. The first-order chi connectivity index (χ1) is 7.81. The molecule has 2 saturated heterocycles. The first kappa shape index (κ1) is 11.7. The molecule has 0 radical (unpaired) electrons. The number of piperidine rings is 1. The summed E-state index contributed by atoms with van der Waals surface area (Å²) in [5.74, 6) is 0. The number of aliphatic hydroxyl groups is 1. The van der Waals surface area contributed by atoms with E-state index in [1.54, 1.807) is 4.90 Å². The zero-order chi connectivity index (χ0) is 11.4. The van der Waals surface area contributed by atoms with Gasteiger partial charge in [-0.1, -0.05) is 0 Å². The molecule has 2 N–H and O–H groups in total. The molecule has 1 unspecified atom stereocenters. The van der Waals surface area contributed by atoms with E-state index in [9.17, 15) is 4.79 Å². The molecule has 0 bridgehead atoms. The van der Waals surface area contributed by atoms with Gasteiger partial charge in [-0.2, -0.15) is 0 Å². The fraction of sp³-hybridized carbons (Fsp3) is 0.909. The van der Waals surface area contributed by atoms with Gasteiger partial charge in [0.15, 0.2) is 0 Å². The van der Waals surface area contributed by atoms with Crippen LogP contribution < -0.4 is 5.32 Å². The maximum atomic E-state index is 11.8. The number of carbonyl (C=O) groups is 1. The molecule has 2 aliphatic rings. The quantitative estimate of drug-likeness (QED) is 0.715. The predicted octanol–water partition coefficient (Wildman–Crippen LogP) is 0.332. The summed E-state index contributed by atoms with van der Waals surface area (Å²) in [4.78, 5) is 13.5. The lowest BCUT2D eigenvalue weighted by Gasteiger charge is -2.28. The van der Waals surface area contributed by atoms with Crippen molar-refractivity contribution in [3.8, 4) is 0 Å². The van der Waals surface area contributed by atoms with E-state index >= 15 is 0 Å². The zero-order valence-electron chi connectivity index (χ0n) is 9.52. The third-order valence-electron chi connectivity index (χ3n) is 3.34. The first-order valence-electron chi connectivity index (χ1n) is 6.10. The summed E-state index contributed by atoms with van der Waals surface area (Å²) in [6.07, 6.45) is 3.58. The maximum Gasteiger partial charge on any atom is 0.410 e. The number of aliphatic hydroxyl groups excluding tert-OH is 1. The van der Waals surface area contributed by atoms with E-state index < -0.39 is 0 Å². The Labute approximate surface area is 95.8 Å². The van der Waals surface area contributed by atoms with Gasteiger partial charge in [-0.25, -0.2) is 4.79 Å². The minimum Gasteiger partial charge on any atom is -0.445 e. The third kappa shape index (κ3) is 2.65. The van der Waals surface area contributed by atoms with Crippen molar-refractivity contribution in [2.75, 3.05) is 26.2 Å². The van der Waals surface area contributed by atoms with Crippen LogP contribution in [0, 0.1) is 0 Å². The summed E-state index contributed by atoms with van der Waals surface area (Å²) in [6.45, 7) is 2.52. The Morgan fingerprint density at radius 3 is 3.00 bits per heavy atom. The van der Waals surface area contributed by atoms with E-state index in [0.717, 1.165) is 38.8 Å². The van der Waals surface area contributed by atoms with E-state index in [-0.39, 0.29) is 24.8 Å². The molecular formula is C11H20N2O3. The van der Waals surface area contributed by atoms with Crippen LogP contribution in [0.1, 0.15) is 25.7 Å². The van der Waals surface area contributed by atoms with Crippen molar-refractivity contribution >= 4 is 6.09 Å². The third-order valence-corrected chi connectivity index (χ3v) is 3.34. The SMILES string of the molecule is O=C(OC1CCCNC1)N1CCC[C@H]1CO. The van der Waals surface area contributed by atoms with E-state index in [2.05, 4.69) is 5.32 Å². The maximum absolute atomic E-state index is 11.8. The molecule has 0 aromatic heterocycles. The van der Waals surface area contributed by atoms with Crippen LogP contribution in [-0.4, -0.2) is 54.5 Å². The average molecular weight is 228 g/mol. The van der Waals surface area contributed by atoms with Gasteiger partial charge in [0, 0.05) is 13.1 Å². The summed E-state index contributed by atoms with van der Waals surface area (Å²) in [7, 11) is 0. The number of likely N-dealkylation sites (tertiary alicyclic amines) is 1. The molecule has 0 spiro atoms. The van der Waals surface area contributed by atoms with Gasteiger partial charge in [0.1, 0.15) is 6.10 Å². The van der Waals surface area contributed by atoms with Gasteiger partial charge in [0.25, 0.3) is 0 Å². The predicted molar refractivity (Wildman–Crippen MR) is 59.2 cm³/mol. The van der Waals surface area contributed by atoms with Crippen LogP contribution >= 0.6 is 0 Å². The van der Waals surface area contributed by atoms with Crippen LogP contribution in [0.3, 0.4) is 0 Å². The Balaban J connectivity index is 1.82.